The number of carbonyl (C=O) groups is 1. The van der Waals surface area contributed by atoms with Crippen molar-refractivity contribution in [3.05, 3.63) is 29.8 Å². The predicted octanol–water partition coefficient (Wildman–Crippen LogP) is 1.84. The minimum atomic E-state index is 0.0195. The van der Waals surface area contributed by atoms with E-state index in [2.05, 4.69) is 30.7 Å². The third-order valence-corrected chi connectivity index (χ3v) is 2.38. The number of carbonyl (C=O) groups excluding carboxylic acids is 1. The lowest BCUT2D eigenvalue weighted by Gasteiger charge is -2.18. The molecule has 0 radical (unpaired) electrons. The van der Waals surface area contributed by atoms with E-state index in [1.807, 2.05) is 6.20 Å². The van der Waals surface area contributed by atoms with Crippen LogP contribution in [0.4, 0.5) is 0 Å². The molecule has 0 aliphatic heterocycles. The molecule has 0 N–H and O–H groups in total. The highest BCUT2D eigenvalue weighted by atomic mass is 16.1. The van der Waals surface area contributed by atoms with Gasteiger partial charge in [0.1, 0.15) is 5.69 Å². The molecule has 0 atom stereocenters. The first-order chi connectivity index (χ1) is 7.02. The molecule has 78 valence electrons. The minimum absolute atomic E-state index is 0.0195. The Kier molecular flexibility index (Phi) is 2.07. The SMILES string of the molecule is CC(C)(C)c1cnc2ncc(C=O)n2c1. The second kappa shape index (κ2) is 3.15. The molecule has 0 aliphatic rings. The van der Waals surface area contributed by atoms with E-state index in [1.54, 1.807) is 10.6 Å². The van der Waals surface area contributed by atoms with E-state index >= 15 is 0 Å². The van der Waals surface area contributed by atoms with Gasteiger partial charge < -0.3 is 0 Å². The summed E-state index contributed by atoms with van der Waals surface area (Å²) < 4.78 is 1.72. The number of imidazole rings is 1. The lowest BCUT2D eigenvalue weighted by atomic mass is 9.89. The Bertz CT molecular complexity index is 508. The molecule has 0 fully saturated rings. The Hall–Kier alpha value is -1.71. The zero-order chi connectivity index (χ0) is 11.1. The summed E-state index contributed by atoms with van der Waals surface area (Å²) in [5, 5.41) is 0. The van der Waals surface area contributed by atoms with Crippen LogP contribution in [0.25, 0.3) is 5.78 Å². The second-order valence-electron chi connectivity index (χ2n) is 4.56. The normalized spacial score (nSPS) is 11.9. The Morgan fingerprint density at radius 2 is 1.93 bits per heavy atom. The molecule has 4 heteroatoms. The monoisotopic (exact) mass is 203 g/mol. The third kappa shape index (κ3) is 1.63. The number of hydrogen-bond acceptors (Lipinski definition) is 3. The average molecular weight is 203 g/mol. The fraction of sp³-hybridized carbons (Fsp3) is 0.364. The molecule has 0 amide bonds. The Balaban J connectivity index is 2.68. The van der Waals surface area contributed by atoms with Crippen molar-refractivity contribution in [1.82, 2.24) is 14.4 Å². The van der Waals surface area contributed by atoms with Gasteiger partial charge in [-0.2, -0.15) is 0 Å². The van der Waals surface area contributed by atoms with Crippen LogP contribution in [-0.2, 0) is 5.41 Å². The average Bonchev–Trinajstić information content (AvgIpc) is 2.57. The molecule has 0 aromatic carbocycles. The van der Waals surface area contributed by atoms with Crippen LogP contribution < -0.4 is 0 Å². The summed E-state index contributed by atoms with van der Waals surface area (Å²) in [6, 6.07) is 0. The summed E-state index contributed by atoms with van der Waals surface area (Å²) in [6.07, 6.45) is 6.03. The number of hydrogen-bond donors (Lipinski definition) is 0. The summed E-state index contributed by atoms with van der Waals surface area (Å²) in [5.74, 6) is 0.560. The molecule has 0 saturated carbocycles. The molecule has 15 heavy (non-hydrogen) atoms. The first-order valence-electron chi connectivity index (χ1n) is 4.81. The van der Waals surface area contributed by atoms with Crippen molar-refractivity contribution in [2.24, 2.45) is 0 Å². The predicted molar refractivity (Wildman–Crippen MR) is 57.1 cm³/mol. The van der Waals surface area contributed by atoms with Crippen molar-refractivity contribution in [2.75, 3.05) is 0 Å². The zero-order valence-corrected chi connectivity index (χ0v) is 9.06. The summed E-state index contributed by atoms with van der Waals surface area (Å²) in [7, 11) is 0. The van der Waals surface area contributed by atoms with Gasteiger partial charge in [-0.05, 0) is 11.0 Å². The first kappa shape index (κ1) is 9.83. The van der Waals surface area contributed by atoms with Crippen molar-refractivity contribution >= 4 is 12.1 Å². The molecule has 2 aromatic heterocycles. The highest BCUT2D eigenvalue weighted by Gasteiger charge is 2.15. The minimum Gasteiger partial charge on any atom is -0.296 e. The zero-order valence-electron chi connectivity index (χ0n) is 9.06. The fourth-order valence-electron chi connectivity index (χ4n) is 1.37. The van der Waals surface area contributed by atoms with E-state index in [-0.39, 0.29) is 5.41 Å². The Morgan fingerprint density at radius 3 is 2.53 bits per heavy atom. The summed E-state index contributed by atoms with van der Waals surface area (Å²) in [5.41, 5.74) is 1.63. The number of aromatic nitrogens is 3. The lowest BCUT2D eigenvalue weighted by molar-refractivity contribution is 0.111. The molecular formula is C11H13N3O. The Labute approximate surface area is 88.0 Å². The lowest BCUT2D eigenvalue weighted by Crippen LogP contribution is -2.13. The third-order valence-electron chi connectivity index (χ3n) is 2.38. The van der Waals surface area contributed by atoms with Gasteiger partial charge in [-0.25, -0.2) is 9.97 Å². The van der Waals surface area contributed by atoms with Gasteiger partial charge in [-0.15, -0.1) is 0 Å². The molecule has 4 nitrogen and oxygen atoms in total. The van der Waals surface area contributed by atoms with Gasteiger partial charge >= 0.3 is 0 Å². The van der Waals surface area contributed by atoms with Crippen molar-refractivity contribution < 1.29 is 4.79 Å². The van der Waals surface area contributed by atoms with Gasteiger partial charge in [0.2, 0.25) is 5.78 Å². The maximum absolute atomic E-state index is 10.8. The van der Waals surface area contributed by atoms with Crippen LogP contribution in [-0.4, -0.2) is 20.7 Å². The number of rotatable bonds is 1. The maximum atomic E-state index is 10.8. The standard InChI is InChI=1S/C11H13N3O/c1-11(2,3)8-4-12-10-13-5-9(7-15)14(10)6-8/h4-7H,1-3H3. The number of aldehydes is 1. The van der Waals surface area contributed by atoms with Crippen molar-refractivity contribution in [2.45, 2.75) is 26.2 Å². The van der Waals surface area contributed by atoms with E-state index in [1.165, 1.54) is 6.20 Å². The summed E-state index contributed by atoms with van der Waals surface area (Å²) >= 11 is 0. The van der Waals surface area contributed by atoms with Gasteiger partial charge in [0.15, 0.2) is 6.29 Å². The van der Waals surface area contributed by atoms with Gasteiger partial charge in [-0.3, -0.25) is 9.20 Å². The fourth-order valence-corrected chi connectivity index (χ4v) is 1.37. The van der Waals surface area contributed by atoms with E-state index in [4.69, 9.17) is 0 Å². The molecule has 0 unspecified atom stereocenters. The molecular weight excluding hydrogens is 190 g/mol. The van der Waals surface area contributed by atoms with E-state index < -0.39 is 0 Å². The molecule has 0 spiro atoms. The largest absolute Gasteiger partial charge is 0.296 e. The van der Waals surface area contributed by atoms with Gasteiger partial charge in [-0.1, -0.05) is 20.8 Å². The molecule has 0 bridgehead atoms. The van der Waals surface area contributed by atoms with E-state index in [9.17, 15) is 4.79 Å². The topological polar surface area (TPSA) is 47.3 Å². The van der Waals surface area contributed by atoms with Crippen LogP contribution in [0.5, 0.6) is 0 Å². The number of fused-ring (bicyclic) bond motifs is 1. The van der Waals surface area contributed by atoms with Gasteiger partial charge in [0, 0.05) is 12.4 Å². The quantitative estimate of drug-likeness (QED) is 0.664. The molecule has 0 saturated heterocycles. The van der Waals surface area contributed by atoms with E-state index in [0.29, 0.717) is 11.5 Å². The Morgan fingerprint density at radius 1 is 1.27 bits per heavy atom. The van der Waals surface area contributed by atoms with Crippen molar-refractivity contribution in [1.29, 1.82) is 0 Å². The molecule has 2 heterocycles. The van der Waals surface area contributed by atoms with Crippen molar-refractivity contribution in [3.63, 3.8) is 0 Å². The second-order valence-corrected chi connectivity index (χ2v) is 4.56. The van der Waals surface area contributed by atoms with Crippen molar-refractivity contribution in [3.8, 4) is 0 Å². The molecule has 2 aromatic rings. The maximum Gasteiger partial charge on any atom is 0.234 e. The van der Waals surface area contributed by atoms with Crippen LogP contribution in [0.1, 0.15) is 36.8 Å². The van der Waals surface area contributed by atoms with E-state index in [0.717, 1.165) is 11.8 Å². The molecule has 0 aliphatic carbocycles. The summed E-state index contributed by atoms with van der Waals surface area (Å²) in [4.78, 5) is 19.0. The smallest absolute Gasteiger partial charge is 0.234 e. The van der Waals surface area contributed by atoms with Crippen LogP contribution in [0, 0.1) is 0 Å². The van der Waals surface area contributed by atoms with Gasteiger partial charge in [0.05, 0.1) is 6.20 Å². The van der Waals surface area contributed by atoms with Crippen LogP contribution in [0.2, 0.25) is 0 Å². The number of nitrogens with zero attached hydrogens (tertiary/aromatic N) is 3. The van der Waals surface area contributed by atoms with Crippen LogP contribution in [0.15, 0.2) is 18.6 Å². The first-order valence-corrected chi connectivity index (χ1v) is 4.81. The van der Waals surface area contributed by atoms with Crippen LogP contribution >= 0.6 is 0 Å². The highest BCUT2D eigenvalue weighted by molar-refractivity contribution is 5.73. The van der Waals surface area contributed by atoms with Crippen LogP contribution in [0.3, 0.4) is 0 Å². The van der Waals surface area contributed by atoms with Gasteiger partial charge in [0.25, 0.3) is 0 Å². The summed E-state index contributed by atoms with van der Waals surface area (Å²) in [6.45, 7) is 6.31. The molecule has 2 rings (SSSR count). The highest BCUT2D eigenvalue weighted by Crippen LogP contribution is 2.21.